The van der Waals surface area contributed by atoms with Gasteiger partial charge in [-0.1, -0.05) is 69.2 Å². The molecule has 1 fully saturated rings. The molecule has 1 unspecified atom stereocenters. The Morgan fingerprint density at radius 2 is 1.65 bits per heavy atom. The van der Waals surface area contributed by atoms with Crippen molar-refractivity contribution in [3.63, 3.8) is 0 Å². The first-order chi connectivity index (χ1) is 9.59. The third-order valence-electron chi connectivity index (χ3n) is 5.15. The van der Waals surface area contributed by atoms with Crippen LogP contribution in [0.25, 0.3) is 10.8 Å². The van der Waals surface area contributed by atoms with Crippen LogP contribution in [0.5, 0.6) is 0 Å². The molecule has 1 aliphatic carbocycles. The normalized spacial score (nSPS) is 23.9. The molecule has 0 heterocycles. The van der Waals surface area contributed by atoms with Gasteiger partial charge in [0.2, 0.25) is 0 Å². The molecule has 106 valence electrons. The van der Waals surface area contributed by atoms with E-state index in [2.05, 4.69) is 56.3 Å². The van der Waals surface area contributed by atoms with Gasteiger partial charge >= 0.3 is 0 Å². The molecule has 0 saturated heterocycles. The van der Waals surface area contributed by atoms with Crippen LogP contribution in [0.15, 0.2) is 42.5 Å². The zero-order valence-corrected chi connectivity index (χ0v) is 12.5. The third-order valence-corrected chi connectivity index (χ3v) is 5.15. The highest BCUT2D eigenvalue weighted by molar-refractivity contribution is 5.83. The fourth-order valence-electron chi connectivity index (χ4n) is 3.76. The Kier molecular flexibility index (Phi) is 3.55. The summed E-state index contributed by atoms with van der Waals surface area (Å²) < 4.78 is 0. The first-order valence-electron chi connectivity index (χ1n) is 7.76. The standard InChI is InChI=1S/C19H24O/c1-19(2,17-9-5-6-10-18(17)20)16-12-11-14-7-3-4-8-15(14)13-16/h3-4,7-8,11-13,17-18,20H,5-6,9-10H2,1-2H3/t17?,18-/m1/s1. The van der Waals surface area contributed by atoms with Crippen LogP contribution in [-0.2, 0) is 5.41 Å². The Labute approximate surface area is 121 Å². The molecule has 0 amide bonds. The van der Waals surface area contributed by atoms with Gasteiger partial charge in [-0.15, -0.1) is 0 Å². The molecular formula is C19H24O. The van der Waals surface area contributed by atoms with Gasteiger partial charge in [0.05, 0.1) is 6.10 Å². The lowest BCUT2D eigenvalue weighted by Gasteiger charge is -2.40. The summed E-state index contributed by atoms with van der Waals surface area (Å²) in [6, 6.07) is 15.3. The van der Waals surface area contributed by atoms with Gasteiger partial charge in [0.1, 0.15) is 0 Å². The molecular weight excluding hydrogens is 244 g/mol. The zero-order chi connectivity index (χ0) is 14.2. The van der Waals surface area contributed by atoms with Gasteiger partial charge in [-0.2, -0.15) is 0 Å². The zero-order valence-electron chi connectivity index (χ0n) is 12.5. The van der Waals surface area contributed by atoms with E-state index in [1.807, 2.05) is 0 Å². The molecule has 20 heavy (non-hydrogen) atoms. The lowest BCUT2D eigenvalue weighted by Crippen LogP contribution is -2.39. The molecule has 1 heteroatoms. The van der Waals surface area contributed by atoms with Gasteiger partial charge < -0.3 is 5.11 Å². The Balaban J connectivity index is 1.99. The van der Waals surface area contributed by atoms with Gasteiger partial charge in [-0.25, -0.2) is 0 Å². The van der Waals surface area contributed by atoms with Crippen molar-refractivity contribution in [3.8, 4) is 0 Å². The molecule has 2 aromatic carbocycles. The van der Waals surface area contributed by atoms with E-state index in [9.17, 15) is 5.11 Å². The van der Waals surface area contributed by atoms with Crippen molar-refractivity contribution in [1.29, 1.82) is 0 Å². The van der Waals surface area contributed by atoms with Crippen molar-refractivity contribution < 1.29 is 5.11 Å². The summed E-state index contributed by atoms with van der Waals surface area (Å²) in [6.07, 6.45) is 4.37. The van der Waals surface area contributed by atoms with Crippen LogP contribution in [0.2, 0.25) is 0 Å². The third kappa shape index (κ3) is 2.35. The summed E-state index contributed by atoms with van der Waals surface area (Å²) in [4.78, 5) is 0. The van der Waals surface area contributed by atoms with Crippen LogP contribution >= 0.6 is 0 Å². The summed E-state index contributed by atoms with van der Waals surface area (Å²) in [6.45, 7) is 4.58. The SMILES string of the molecule is CC(C)(c1ccc2ccccc2c1)C1CCCC[C@H]1O. The van der Waals surface area contributed by atoms with Gasteiger partial charge in [-0.3, -0.25) is 0 Å². The Morgan fingerprint density at radius 3 is 2.40 bits per heavy atom. The van der Waals surface area contributed by atoms with Crippen molar-refractivity contribution in [3.05, 3.63) is 48.0 Å². The number of aliphatic hydroxyl groups is 1. The van der Waals surface area contributed by atoms with Crippen LogP contribution in [0.3, 0.4) is 0 Å². The van der Waals surface area contributed by atoms with Crippen molar-refractivity contribution in [2.75, 3.05) is 0 Å². The van der Waals surface area contributed by atoms with E-state index < -0.39 is 0 Å². The molecule has 3 rings (SSSR count). The molecule has 0 bridgehead atoms. The summed E-state index contributed by atoms with van der Waals surface area (Å²) in [5, 5.41) is 13.0. The first-order valence-corrected chi connectivity index (χ1v) is 7.76. The van der Waals surface area contributed by atoms with Crippen LogP contribution in [0.1, 0.15) is 45.1 Å². The molecule has 0 spiro atoms. The second kappa shape index (κ2) is 5.21. The van der Waals surface area contributed by atoms with Crippen molar-refractivity contribution in [2.45, 2.75) is 51.0 Å². The van der Waals surface area contributed by atoms with E-state index in [-0.39, 0.29) is 11.5 Å². The quantitative estimate of drug-likeness (QED) is 0.839. The Bertz CT molecular complexity index is 599. The number of hydrogen-bond acceptors (Lipinski definition) is 1. The number of benzene rings is 2. The smallest absolute Gasteiger partial charge is 0.0576 e. The second-order valence-corrected chi connectivity index (χ2v) is 6.74. The largest absolute Gasteiger partial charge is 0.393 e. The van der Waals surface area contributed by atoms with Gasteiger partial charge in [0.25, 0.3) is 0 Å². The topological polar surface area (TPSA) is 20.2 Å². The highest BCUT2D eigenvalue weighted by Crippen LogP contribution is 2.41. The highest BCUT2D eigenvalue weighted by atomic mass is 16.3. The van der Waals surface area contributed by atoms with Gasteiger partial charge in [0, 0.05) is 0 Å². The van der Waals surface area contributed by atoms with Crippen LogP contribution < -0.4 is 0 Å². The lowest BCUT2D eigenvalue weighted by atomic mass is 9.66. The fraction of sp³-hybridized carbons (Fsp3) is 0.474. The van der Waals surface area contributed by atoms with Gasteiger partial charge in [-0.05, 0) is 40.5 Å². The summed E-state index contributed by atoms with van der Waals surface area (Å²) >= 11 is 0. The first kappa shape index (κ1) is 13.6. The van der Waals surface area contributed by atoms with E-state index in [4.69, 9.17) is 0 Å². The monoisotopic (exact) mass is 268 g/mol. The second-order valence-electron chi connectivity index (χ2n) is 6.74. The fourth-order valence-corrected chi connectivity index (χ4v) is 3.76. The van der Waals surface area contributed by atoms with Crippen LogP contribution in [0, 0.1) is 5.92 Å². The molecule has 1 nitrogen and oxygen atoms in total. The minimum Gasteiger partial charge on any atom is -0.393 e. The summed E-state index contributed by atoms with van der Waals surface area (Å²) in [5.74, 6) is 0.373. The average molecular weight is 268 g/mol. The van der Waals surface area contributed by atoms with Crippen LogP contribution in [-0.4, -0.2) is 11.2 Å². The van der Waals surface area contributed by atoms with E-state index in [1.165, 1.54) is 29.2 Å². The molecule has 0 radical (unpaired) electrons. The average Bonchev–Trinajstić information content (AvgIpc) is 2.47. The lowest BCUT2D eigenvalue weighted by molar-refractivity contribution is 0.0322. The van der Waals surface area contributed by atoms with Crippen molar-refractivity contribution in [2.24, 2.45) is 5.92 Å². The maximum atomic E-state index is 10.4. The van der Waals surface area contributed by atoms with Crippen molar-refractivity contribution >= 4 is 10.8 Å². The molecule has 1 N–H and O–H groups in total. The van der Waals surface area contributed by atoms with Crippen molar-refractivity contribution in [1.82, 2.24) is 0 Å². The van der Waals surface area contributed by atoms with Gasteiger partial charge in [0.15, 0.2) is 0 Å². The molecule has 1 aliphatic rings. The number of hydrogen-bond donors (Lipinski definition) is 1. The number of fused-ring (bicyclic) bond motifs is 1. The van der Waals surface area contributed by atoms with E-state index >= 15 is 0 Å². The number of rotatable bonds is 2. The molecule has 0 aromatic heterocycles. The molecule has 2 aromatic rings. The maximum absolute atomic E-state index is 10.4. The minimum absolute atomic E-state index is 0.0316. The Morgan fingerprint density at radius 1 is 0.950 bits per heavy atom. The minimum atomic E-state index is -0.148. The number of aliphatic hydroxyl groups excluding tert-OH is 1. The molecule has 0 aliphatic heterocycles. The van der Waals surface area contributed by atoms with E-state index in [0.717, 1.165) is 12.8 Å². The predicted octanol–water partition coefficient (Wildman–Crippen LogP) is 4.67. The van der Waals surface area contributed by atoms with E-state index in [0.29, 0.717) is 5.92 Å². The van der Waals surface area contributed by atoms with Crippen LogP contribution in [0.4, 0.5) is 0 Å². The maximum Gasteiger partial charge on any atom is 0.0576 e. The molecule has 1 saturated carbocycles. The highest BCUT2D eigenvalue weighted by Gasteiger charge is 2.37. The van der Waals surface area contributed by atoms with E-state index in [1.54, 1.807) is 0 Å². The summed E-state index contributed by atoms with van der Waals surface area (Å²) in [7, 11) is 0. The Hall–Kier alpha value is -1.34. The summed E-state index contributed by atoms with van der Waals surface area (Å²) in [5.41, 5.74) is 1.38. The predicted molar refractivity (Wildman–Crippen MR) is 84.9 cm³/mol. The molecule has 2 atom stereocenters.